The molecule has 1 aromatic carbocycles. The van der Waals surface area contributed by atoms with Crippen LogP contribution in [0.4, 0.5) is 17.2 Å². The number of anilines is 3. The first-order valence-corrected chi connectivity index (χ1v) is 15.8. The SMILES string of the molecule is C[C@@H]1CN(c2nc(C(=O)Nc3ccc(S(=O)(=O)NCCO)cc3N3CCC4(CC3)CC4)cc3ccn(C)c23)CCO1. The second-order valence-corrected chi connectivity index (χ2v) is 13.3. The highest BCUT2D eigenvalue weighted by Gasteiger charge is 2.44. The van der Waals surface area contributed by atoms with Crippen molar-refractivity contribution in [1.82, 2.24) is 14.3 Å². The number of nitrogens with one attached hydrogen (secondary N) is 2. The van der Waals surface area contributed by atoms with Gasteiger partial charge in [0.05, 0.1) is 41.1 Å². The van der Waals surface area contributed by atoms with Gasteiger partial charge in [-0.05, 0) is 68.4 Å². The Morgan fingerprint density at radius 1 is 1.12 bits per heavy atom. The van der Waals surface area contributed by atoms with Gasteiger partial charge in [-0.15, -0.1) is 0 Å². The summed E-state index contributed by atoms with van der Waals surface area (Å²) in [5.74, 6) is 0.391. The molecule has 1 amide bonds. The number of benzene rings is 1. The molecule has 2 aromatic heterocycles. The molecule has 3 aliphatic rings. The first-order valence-electron chi connectivity index (χ1n) is 14.3. The minimum Gasteiger partial charge on any atom is -0.395 e. The van der Waals surface area contributed by atoms with Crippen LogP contribution in [0.2, 0.25) is 0 Å². The molecule has 0 bridgehead atoms. The lowest BCUT2D eigenvalue weighted by Crippen LogP contribution is -2.42. The van der Waals surface area contributed by atoms with Gasteiger partial charge >= 0.3 is 0 Å². The molecule has 1 saturated carbocycles. The molecule has 11 nitrogen and oxygen atoms in total. The van der Waals surface area contributed by atoms with Gasteiger partial charge in [0.25, 0.3) is 5.91 Å². The summed E-state index contributed by atoms with van der Waals surface area (Å²) in [6.07, 6.45) is 6.62. The zero-order valence-corrected chi connectivity index (χ0v) is 24.4. The van der Waals surface area contributed by atoms with Crippen molar-refractivity contribution in [2.24, 2.45) is 12.5 Å². The molecule has 2 aliphatic heterocycles. The number of hydrogen-bond donors (Lipinski definition) is 3. The van der Waals surface area contributed by atoms with Gasteiger partial charge in [0, 0.05) is 51.4 Å². The maximum absolute atomic E-state index is 13.7. The van der Waals surface area contributed by atoms with Gasteiger partial charge in [-0.3, -0.25) is 4.79 Å². The third-order valence-corrected chi connectivity index (χ3v) is 10.1. The topological polar surface area (TPSA) is 129 Å². The molecule has 2 saturated heterocycles. The lowest BCUT2D eigenvalue weighted by molar-refractivity contribution is 0.0530. The number of aromatic nitrogens is 2. The lowest BCUT2D eigenvalue weighted by atomic mass is 9.93. The molecule has 1 aliphatic carbocycles. The average molecular weight is 583 g/mol. The lowest BCUT2D eigenvalue weighted by Gasteiger charge is -2.35. The Kier molecular flexibility index (Phi) is 7.43. The molecule has 3 N–H and O–H groups in total. The van der Waals surface area contributed by atoms with Crippen molar-refractivity contribution in [3.8, 4) is 0 Å². The van der Waals surface area contributed by atoms with Crippen LogP contribution in [-0.2, 0) is 21.8 Å². The number of carbonyl (C=O) groups excluding carboxylic acids is 1. The van der Waals surface area contributed by atoms with Gasteiger partial charge in [0.2, 0.25) is 10.0 Å². The molecular formula is C29H38N6O5S. The van der Waals surface area contributed by atoms with Crippen LogP contribution in [0.1, 0.15) is 43.1 Å². The number of morpholine rings is 1. The number of amides is 1. The third kappa shape index (κ3) is 5.66. The van der Waals surface area contributed by atoms with Crippen LogP contribution >= 0.6 is 0 Å². The molecule has 0 radical (unpaired) electrons. The van der Waals surface area contributed by atoms with Crippen LogP contribution in [0.25, 0.3) is 10.9 Å². The second-order valence-electron chi connectivity index (χ2n) is 11.6. The Balaban J connectivity index is 1.33. The molecule has 220 valence electrons. The number of hydrogen-bond acceptors (Lipinski definition) is 8. The Morgan fingerprint density at radius 2 is 1.90 bits per heavy atom. The van der Waals surface area contributed by atoms with Crippen LogP contribution in [0, 0.1) is 5.41 Å². The van der Waals surface area contributed by atoms with E-state index in [1.165, 1.54) is 18.9 Å². The zero-order valence-electron chi connectivity index (χ0n) is 23.6. The van der Waals surface area contributed by atoms with Gasteiger partial charge in [-0.2, -0.15) is 0 Å². The van der Waals surface area contributed by atoms with E-state index in [0.29, 0.717) is 42.2 Å². The van der Waals surface area contributed by atoms with E-state index >= 15 is 0 Å². The number of fused-ring (bicyclic) bond motifs is 1. The van der Waals surface area contributed by atoms with Crippen molar-refractivity contribution < 1.29 is 23.1 Å². The smallest absolute Gasteiger partial charge is 0.274 e. The van der Waals surface area contributed by atoms with Crippen LogP contribution in [-0.4, -0.2) is 81.0 Å². The van der Waals surface area contributed by atoms with E-state index in [4.69, 9.17) is 14.8 Å². The van der Waals surface area contributed by atoms with Crippen LogP contribution in [0.5, 0.6) is 0 Å². The van der Waals surface area contributed by atoms with E-state index in [9.17, 15) is 13.2 Å². The fourth-order valence-corrected chi connectivity index (χ4v) is 7.08. The third-order valence-electron chi connectivity index (χ3n) is 8.66. The van der Waals surface area contributed by atoms with Crippen molar-refractivity contribution in [3.05, 3.63) is 42.2 Å². The average Bonchev–Trinajstić information content (AvgIpc) is 3.62. The molecule has 6 rings (SSSR count). The molecule has 41 heavy (non-hydrogen) atoms. The Morgan fingerprint density at radius 3 is 2.61 bits per heavy atom. The summed E-state index contributed by atoms with van der Waals surface area (Å²) in [6.45, 7) is 5.21. The summed E-state index contributed by atoms with van der Waals surface area (Å²) in [7, 11) is -1.84. The number of carbonyl (C=O) groups is 1. The molecule has 12 heteroatoms. The predicted molar refractivity (Wildman–Crippen MR) is 158 cm³/mol. The van der Waals surface area contributed by atoms with Gasteiger partial charge in [-0.1, -0.05) is 0 Å². The first-order chi connectivity index (χ1) is 19.7. The van der Waals surface area contributed by atoms with Gasteiger partial charge in [0.1, 0.15) is 5.69 Å². The molecule has 3 aromatic rings. The number of aliphatic hydroxyl groups excluding tert-OH is 1. The highest BCUT2D eigenvalue weighted by molar-refractivity contribution is 7.89. The second kappa shape index (κ2) is 10.9. The normalized spacial score (nSPS) is 20.5. The number of piperidine rings is 1. The summed E-state index contributed by atoms with van der Waals surface area (Å²) in [4.78, 5) is 23.0. The Hall–Kier alpha value is -3.19. The van der Waals surface area contributed by atoms with Gasteiger partial charge in [-0.25, -0.2) is 18.1 Å². The molecule has 1 atom stereocenters. The fourth-order valence-electron chi connectivity index (χ4n) is 6.04. The maximum Gasteiger partial charge on any atom is 0.274 e. The van der Waals surface area contributed by atoms with Crippen molar-refractivity contribution in [1.29, 1.82) is 0 Å². The van der Waals surface area contributed by atoms with E-state index in [0.717, 1.165) is 42.7 Å². The van der Waals surface area contributed by atoms with Crippen molar-refractivity contribution in [3.63, 3.8) is 0 Å². The van der Waals surface area contributed by atoms with Gasteiger partial charge < -0.3 is 29.5 Å². The van der Waals surface area contributed by atoms with Crippen molar-refractivity contribution >= 4 is 44.0 Å². The number of pyridine rings is 1. The number of rotatable bonds is 8. The molecule has 1 spiro atoms. The van der Waals surface area contributed by atoms with Gasteiger partial charge in [0.15, 0.2) is 5.82 Å². The van der Waals surface area contributed by atoms with E-state index in [1.54, 1.807) is 18.2 Å². The number of ether oxygens (including phenoxy) is 1. The van der Waals surface area contributed by atoms with E-state index in [2.05, 4.69) is 19.8 Å². The zero-order chi connectivity index (χ0) is 28.8. The Labute approximate surface area is 240 Å². The standard InChI is InChI=1S/C29H38N6O5S/c1-20-19-35(14-16-40-20)27-26-21(5-11-33(26)2)17-24(31-27)28(37)32-23-4-3-22(41(38,39)30-10-15-36)18-25(23)34-12-8-29(6-7-29)9-13-34/h3-5,11,17-18,20,30,36H,6-10,12-16,19H2,1-2H3,(H,32,37)/t20-/m1/s1. The number of aliphatic hydroxyl groups is 1. The molecular weight excluding hydrogens is 544 g/mol. The number of aryl methyl sites for hydroxylation is 1. The molecule has 4 heterocycles. The van der Waals surface area contributed by atoms with Crippen LogP contribution < -0.4 is 19.8 Å². The number of nitrogens with zero attached hydrogens (tertiary/aromatic N) is 4. The quantitative estimate of drug-likeness (QED) is 0.370. The highest BCUT2D eigenvalue weighted by atomic mass is 32.2. The monoisotopic (exact) mass is 582 g/mol. The largest absolute Gasteiger partial charge is 0.395 e. The minimum absolute atomic E-state index is 0.0573. The maximum atomic E-state index is 13.7. The summed E-state index contributed by atoms with van der Waals surface area (Å²) in [5.41, 5.74) is 2.90. The summed E-state index contributed by atoms with van der Waals surface area (Å²) >= 11 is 0. The summed E-state index contributed by atoms with van der Waals surface area (Å²) in [5, 5.41) is 13.1. The van der Waals surface area contributed by atoms with E-state index in [1.807, 2.05) is 30.8 Å². The summed E-state index contributed by atoms with van der Waals surface area (Å²) < 4.78 is 35.9. The first kappa shape index (κ1) is 28.0. The van der Waals surface area contributed by atoms with Crippen LogP contribution in [0.3, 0.4) is 0 Å². The summed E-state index contributed by atoms with van der Waals surface area (Å²) in [6, 6.07) is 8.53. The molecule has 0 unspecified atom stereocenters. The van der Waals surface area contributed by atoms with Crippen LogP contribution in [0.15, 0.2) is 41.4 Å². The highest BCUT2D eigenvalue weighted by Crippen LogP contribution is 2.54. The minimum atomic E-state index is -3.82. The van der Waals surface area contributed by atoms with E-state index in [-0.39, 0.29) is 30.1 Å². The predicted octanol–water partition coefficient (Wildman–Crippen LogP) is 2.70. The van der Waals surface area contributed by atoms with Crippen molar-refractivity contribution in [2.75, 3.05) is 61.1 Å². The van der Waals surface area contributed by atoms with Crippen molar-refractivity contribution in [2.45, 2.75) is 43.6 Å². The number of sulfonamides is 1. The van der Waals surface area contributed by atoms with E-state index < -0.39 is 10.0 Å². The fraction of sp³-hybridized carbons (Fsp3) is 0.517. The molecule has 3 fully saturated rings. The Bertz CT molecular complexity index is 1560.